The third-order valence-corrected chi connectivity index (χ3v) is 18.6. The Morgan fingerprint density at radius 3 is 1.29 bits per heavy atom. The van der Waals surface area contributed by atoms with Gasteiger partial charge in [-0.25, -0.2) is 0 Å². The summed E-state index contributed by atoms with van der Waals surface area (Å²) in [6.45, 7) is 5.31. The molecule has 3 unspecified atom stereocenters. The van der Waals surface area contributed by atoms with E-state index in [-0.39, 0.29) is 23.8 Å². The highest BCUT2D eigenvalue weighted by Crippen LogP contribution is 2.34. The van der Waals surface area contributed by atoms with E-state index in [1.54, 1.807) is 132 Å². The second kappa shape index (κ2) is 26.2. The molecular formula is C60H60Cl3N5O9S3. The SMILES string of the molecule is C=S1(=O)C=Cc2ccc(NC(=O)c3cc(Cl)ccc3OC3CCNCC3)cc21.C=S1(=O)C=Cc2ccc(NC(=O)c3cc(Cl)ccc3OCCCC)cc21.C=S1(=O)C=Cc2ccc(NC(=O)c3cc(Cl)ccc3OCCCN)cc21. The smallest absolute Gasteiger partial charge is 0.259 e. The summed E-state index contributed by atoms with van der Waals surface area (Å²) in [6.07, 6.45) is 9.78. The van der Waals surface area contributed by atoms with E-state index in [9.17, 15) is 27.0 Å². The van der Waals surface area contributed by atoms with Crippen LogP contribution in [0.15, 0.2) is 140 Å². The van der Waals surface area contributed by atoms with Crippen LogP contribution in [-0.4, -0.2) is 86.9 Å². The van der Waals surface area contributed by atoms with Gasteiger partial charge < -0.3 is 41.2 Å². The average molecular weight is 1200 g/mol. The summed E-state index contributed by atoms with van der Waals surface area (Å²) >= 11 is 18.2. The summed E-state index contributed by atoms with van der Waals surface area (Å²) in [5.74, 6) is 11.7. The van der Waals surface area contributed by atoms with Crippen molar-refractivity contribution < 1.29 is 41.2 Å². The fraction of sp³-hybridized carbons (Fsp3) is 0.200. The highest BCUT2D eigenvalue weighted by atomic mass is 35.5. The molecule has 3 atom stereocenters. The van der Waals surface area contributed by atoms with Crippen molar-refractivity contribution in [3.05, 3.63) is 174 Å². The lowest BCUT2D eigenvalue weighted by molar-refractivity contribution is 0.100. The van der Waals surface area contributed by atoms with Gasteiger partial charge in [-0.15, -0.1) is 0 Å². The number of amides is 3. The zero-order valence-corrected chi connectivity index (χ0v) is 48.5. The minimum atomic E-state index is -2.45. The van der Waals surface area contributed by atoms with Crippen molar-refractivity contribution in [2.45, 2.75) is 59.8 Å². The number of carbonyl (C=O) groups excluding carboxylic acids is 3. The van der Waals surface area contributed by atoms with Gasteiger partial charge >= 0.3 is 0 Å². The number of hydrogen-bond acceptors (Lipinski definition) is 11. The van der Waals surface area contributed by atoms with Gasteiger partial charge in [-0.1, -0.05) is 66.3 Å². The predicted octanol–water partition coefficient (Wildman–Crippen LogP) is 12.0. The lowest BCUT2D eigenvalue weighted by Crippen LogP contribution is -2.34. The fourth-order valence-corrected chi connectivity index (χ4v) is 13.2. The van der Waals surface area contributed by atoms with Crippen molar-refractivity contribution >= 4 is 134 Å². The first kappa shape index (κ1) is 59.3. The quantitative estimate of drug-likeness (QED) is 0.0455. The minimum Gasteiger partial charge on any atom is -0.493 e. The van der Waals surface area contributed by atoms with Crippen LogP contribution in [0, 0.1) is 0 Å². The second-order valence-corrected chi connectivity index (χ2v) is 26.7. The van der Waals surface area contributed by atoms with E-state index in [2.05, 4.69) is 45.8 Å². The second-order valence-electron chi connectivity index (χ2n) is 18.9. The maximum absolute atomic E-state index is 12.9. The molecule has 10 rings (SSSR count). The molecule has 4 aliphatic rings. The molecule has 0 bridgehead atoms. The van der Waals surface area contributed by atoms with E-state index in [1.807, 2.05) is 12.1 Å². The monoisotopic (exact) mass is 1200 g/mol. The molecule has 0 radical (unpaired) electrons. The molecule has 1 saturated heterocycles. The Labute approximate surface area is 482 Å². The van der Waals surface area contributed by atoms with Gasteiger partial charge in [0.25, 0.3) is 17.7 Å². The van der Waals surface area contributed by atoms with Crippen LogP contribution >= 0.6 is 34.8 Å². The molecule has 4 heterocycles. The lowest BCUT2D eigenvalue weighted by Gasteiger charge is -2.25. The molecule has 4 aliphatic heterocycles. The number of ether oxygens (including phenoxy) is 3. The summed E-state index contributed by atoms with van der Waals surface area (Å²) in [5, 5.41) is 17.9. The predicted molar refractivity (Wildman–Crippen MR) is 331 cm³/mol. The summed E-state index contributed by atoms with van der Waals surface area (Å²) in [7, 11) is -7.33. The number of unbranched alkanes of at least 4 members (excludes halogenated alkanes) is 1. The zero-order valence-electron chi connectivity index (χ0n) is 43.7. The van der Waals surface area contributed by atoms with Gasteiger partial charge in [-0.05, 0) is 205 Å². The van der Waals surface area contributed by atoms with Crippen LogP contribution in [0.3, 0.4) is 0 Å². The first-order valence-electron chi connectivity index (χ1n) is 25.5. The number of benzene rings is 6. The van der Waals surface area contributed by atoms with Crippen LogP contribution in [0.5, 0.6) is 17.2 Å². The van der Waals surface area contributed by atoms with Crippen LogP contribution in [-0.2, 0) is 28.6 Å². The molecule has 418 valence electrons. The Hall–Kier alpha value is -6.80. The average Bonchev–Trinajstić information content (AvgIpc) is 4.07. The molecule has 1 fully saturated rings. The Bertz CT molecular complexity index is 3640. The van der Waals surface area contributed by atoms with Crippen molar-refractivity contribution in [1.29, 1.82) is 0 Å². The van der Waals surface area contributed by atoms with Crippen molar-refractivity contribution in [2.24, 2.45) is 5.73 Å². The van der Waals surface area contributed by atoms with Crippen LogP contribution in [0.1, 0.15) is 86.8 Å². The largest absolute Gasteiger partial charge is 0.493 e. The van der Waals surface area contributed by atoms with Crippen LogP contribution in [0.25, 0.3) is 18.2 Å². The number of nitrogens with two attached hydrogens (primary N) is 1. The zero-order chi connectivity index (χ0) is 57.2. The van der Waals surface area contributed by atoms with E-state index in [1.165, 1.54) is 0 Å². The molecular weight excluding hydrogens is 1140 g/mol. The number of carbonyl (C=O) groups is 3. The normalized spacial score (nSPS) is 19.0. The summed E-state index contributed by atoms with van der Waals surface area (Å²) < 4.78 is 54.7. The maximum Gasteiger partial charge on any atom is 0.259 e. The van der Waals surface area contributed by atoms with Crippen LogP contribution in [0.2, 0.25) is 15.1 Å². The molecule has 6 aromatic carbocycles. The Balaban J connectivity index is 0.000000158. The molecule has 0 aliphatic carbocycles. The molecule has 20 heteroatoms. The van der Waals surface area contributed by atoms with Gasteiger partial charge in [0.05, 0.1) is 29.9 Å². The highest BCUT2D eigenvalue weighted by molar-refractivity contribution is 8.04. The van der Waals surface area contributed by atoms with Gasteiger partial charge in [0.15, 0.2) is 0 Å². The number of anilines is 3. The van der Waals surface area contributed by atoms with E-state index >= 15 is 0 Å². The van der Waals surface area contributed by atoms with Crippen molar-refractivity contribution in [1.82, 2.24) is 5.32 Å². The molecule has 6 aromatic rings. The lowest BCUT2D eigenvalue weighted by atomic mass is 10.1. The number of rotatable bonds is 16. The first-order chi connectivity index (χ1) is 38.2. The number of nitrogens with one attached hydrogen (secondary N) is 4. The van der Waals surface area contributed by atoms with E-state index in [4.69, 9.17) is 54.7 Å². The number of halogens is 3. The maximum atomic E-state index is 12.9. The Kier molecular flexibility index (Phi) is 19.4. The third-order valence-electron chi connectivity index (χ3n) is 12.8. The topological polar surface area (TPSA) is 204 Å². The van der Waals surface area contributed by atoms with Crippen LogP contribution in [0.4, 0.5) is 17.1 Å². The Morgan fingerprint density at radius 1 is 0.550 bits per heavy atom. The summed E-state index contributed by atoms with van der Waals surface area (Å²) in [5.41, 5.74) is 10.7. The molecule has 80 heavy (non-hydrogen) atoms. The molecule has 6 N–H and O–H groups in total. The third kappa shape index (κ3) is 14.9. The number of fused-ring (bicyclic) bond motifs is 3. The summed E-state index contributed by atoms with van der Waals surface area (Å²) in [6, 6.07) is 30.7. The standard InChI is InChI=1S/C21H21ClN2O3S.C20H20ClNO3S.C19H19ClN2O3S/c1-28(26)11-8-14-2-4-16(13-20(14)28)24-21(25)18-12-15(22)3-5-19(18)27-17-6-9-23-10-7-17;1-3-4-10-25-18-8-6-15(21)12-17(18)20(23)22-16-7-5-14-9-11-26(2,24)19(14)13-16;1-26(24)10-7-13-3-5-15(12-18(13)26)22-19(23)16-11-14(20)4-6-17(16)25-9-2-8-21/h2-5,8,11-13,17,23H,1,6-7,9-10H2,(H,24,25);5-9,11-13H,2-4,10H2,1H3,(H,22,23);3-7,10-12H,1-2,8-9,21H2,(H,22,23). The fourth-order valence-electron chi connectivity index (χ4n) is 8.59. The van der Waals surface area contributed by atoms with Gasteiger partial charge in [-0.3, -0.25) is 27.0 Å². The summed E-state index contributed by atoms with van der Waals surface area (Å²) in [4.78, 5) is 40.2. The van der Waals surface area contributed by atoms with Crippen molar-refractivity contribution in [2.75, 3.05) is 48.8 Å². The van der Waals surface area contributed by atoms with Gasteiger partial charge in [-0.2, -0.15) is 0 Å². The van der Waals surface area contributed by atoms with Gasteiger partial charge in [0.2, 0.25) is 0 Å². The van der Waals surface area contributed by atoms with Crippen molar-refractivity contribution in [3.63, 3.8) is 0 Å². The molecule has 0 saturated carbocycles. The van der Waals surface area contributed by atoms with Gasteiger partial charge in [0.1, 0.15) is 23.4 Å². The Morgan fingerprint density at radius 2 is 0.912 bits per heavy atom. The molecule has 3 amide bonds. The highest BCUT2D eigenvalue weighted by Gasteiger charge is 2.23. The first-order valence-corrected chi connectivity index (χ1v) is 32.0. The number of piperidine rings is 1. The molecule has 0 aromatic heterocycles. The van der Waals surface area contributed by atoms with Crippen LogP contribution < -0.4 is 41.2 Å². The number of hydrogen-bond donors (Lipinski definition) is 5. The van der Waals surface area contributed by atoms with Gasteiger partial charge in [0, 0.05) is 75.4 Å². The van der Waals surface area contributed by atoms with Crippen molar-refractivity contribution in [3.8, 4) is 17.2 Å². The van der Waals surface area contributed by atoms with E-state index in [0.717, 1.165) is 55.5 Å². The van der Waals surface area contributed by atoms with E-state index < -0.39 is 28.6 Å². The molecule has 14 nitrogen and oxygen atoms in total. The van der Waals surface area contributed by atoms with E-state index in [0.29, 0.717) is 107 Å². The minimum absolute atomic E-state index is 0.0656. The molecule has 0 spiro atoms.